The lowest BCUT2D eigenvalue weighted by Gasteiger charge is -2.33. The summed E-state index contributed by atoms with van der Waals surface area (Å²) >= 11 is 6.31. The average Bonchev–Trinajstić information content (AvgIpc) is 3.17. The summed E-state index contributed by atoms with van der Waals surface area (Å²) < 4.78 is 4.67. The van der Waals surface area contributed by atoms with E-state index in [4.69, 9.17) is 16.6 Å². The number of halogens is 1. The molecule has 1 atom stereocenters. The second kappa shape index (κ2) is 7.92. The minimum atomic E-state index is -0.409. The molecule has 0 aliphatic carbocycles. The van der Waals surface area contributed by atoms with Crippen LogP contribution in [-0.2, 0) is 20.1 Å². The molecule has 1 aliphatic heterocycles. The highest BCUT2D eigenvalue weighted by atomic mass is 35.5. The fourth-order valence-corrected chi connectivity index (χ4v) is 4.75. The first-order valence-corrected chi connectivity index (χ1v) is 11.4. The highest BCUT2D eigenvalue weighted by Crippen LogP contribution is 2.33. The van der Waals surface area contributed by atoms with Crippen molar-refractivity contribution in [2.45, 2.75) is 33.9 Å². The molecule has 0 unspecified atom stereocenters. The van der Waals surface area contributed by atoms with Gasteiger partial charge >= 0.3 is 5.69 Å². The molecule has 0 bridgehead atoms. The number of benzene rings is 2. The quantitative estimate of drug-likeness (QED) is 0.460. The minimum Gasteiger partial charge on any atom is -0.312 e. The fraction of sp³-hybridized carbons (Fsp3) is 0.320. The Hall–Kier alpha value is -3.32. The van der Waals surface area contributed by atoms with E-state index in [1.54, 1.807) is 13.1 Å². The van der Waals surface area contributed by atoms with Crippen molar-refractivity contribution in [1.29, 1.82) is 0 Å². The zero-order valence-electron chi connectivity index (χ0n) is 19.2. The molecule has 4 aromatic rings. The normalized spacial score (nSPS) is 15.8. The van der Waals surface area contributed by atoms with Crippen molar-refractivity contribution < 1.29 is 0 Å². The summed E-state index contributed by atoms with van der Waals surface area (Å²) in [6.07, 6.45) is 0. The number of aryl methyl sites for hydroxylation is 3. The second-order valence-corrected chi connectivity index (χ2v) is 9.41. The third-order valence-corrected chi connectivity index (χ3v) is 6.90. The van der Waals surface area contributed by atoms with Crippen LogP contribution < -0.4 is 16.1 Å². The zero-order valence-corrected chi connectivity index (χ0v) is 19.9. The average molecular weight is 464 g/mol. The third-order valence-electron chi connectivity index (χ3n) is 6.53. The molecule has 8 heteroatoms. The van der Waals surface area contributed by atoms with Crippen molar-refractivity contribution >= 4 is 34.4 Å². The molecule has 0 spiro atoms. The van der Waals surface area contributed by atoms with Crippen LogP contribution in [0.2, 0.25) is 5.02 Å². The molecule has 33 heavy (non-hydrogen) atoms. The van der Waals surface area contributed by atoms with Crippen LogP contribution >= 0.6 is 11.6 Å². The Bertz CT molecular complexity index is 1510. The molecule has 1 aliphatic rings. The van der Waals surface area contributed by atoms with E-state index in [9.17, 15) is 9.59 Å². The summed E-state index contributed by atoms with van der Waals surface area (Å²) in [5.74, 6) is 0.985. The molecule has 0 radical (unpaired) electrons. The largest absolute Gasteiger partial charge is 0.332 e. The topological polar surface area (TPSA) is 65.1 Å². The van der Waals surface area contributed by atoms with Gasteiger partial charge in [-0.2, -0.15) is 4.98 Å². The first-order valence-electron chi connectivity index (χ1n) is 11.0. The summed E-state index contributed by atoms with van der Waals surface area (Å²) in [5, 5.41) is 0.524. The van der Waals surface area contributed by atoms with Crippen LogP contribution in [0.5, 0.6) is 0 Å². The van der Waals surface area contributed by atoms with Crippen LogP contribution in [0.25, 0.3) is 11.2 Å². The van der Waals surface area contributed by atoms with Gasteiger partial charge < -0.3 is 9.47 Å². The van der Waals surface area contributed by atoms with Gasteiger partial charge in [0.25, 0.3) is 5.56 Å². The van der Waals surface area contributed by atoms with Gasteiger partial charge in [-0.3, -0.25) is 13.9 Å². The highest BCUT2D eigenvalue weighted by Gasteiger charge is 2.30. The van der Waals surface area contributed by atoms with Crippen molar-refractivity contribution in [3.05, 3.63) is 85.0 Å². The Morgan fingerprint density at radius 1 is 1.06 bits per heavy atom. The molecule has 2 aromatic heterocycles. The van der Waals surface area contributed by atoms with E-state index in [0.717, 1.165) is 17.8 Å². The highest BCUT2D eigenvalue weighted by molar-refractivity contribution is 6.31. The Morgan fingerprint density at radius 3 is 2.55 bits per heavy atom. The molecule has 0 N–H and O–H groups in total. The summed E-state index contributed by atoms with van der Waals surface area (Å²) in [4.78, 5) is 33.7. The number of imidazole rings is 1. The molecular weight excluding hydrogens is 438 g/mol. The molecule has 2 aromatic carbocycles. The number of nitrogens with zero attached hydrogens (tertiary/aromatic N) is 5. The lowest BCUT2D eigenvalue weighted by molar-refractivity contribution is 0.458. The van der Waals surface area contributed by atoms with Gasteiger partial charge in [0, 0.05) is 30.8 Å². The molecule has 5 rings (SSSR count). The van der Waals surface area contributed by atoms with E-state index in [0.29, 0.717) is 34.6 Å². The van der Waals surface area contributed by atoms with Gasteiger partial charge in [0.1, 0.15) is 0 Å². The van der Waals surface area contributed by atoms with Crippen LogP contribution in [0.1, 0.15) is 23.6 Å². The fourth-order valence-electron chi connectivity index (χ4n) is 4.55. The van der Waals surface area contributed by atoms with Gasteiger partial charge in [0.05, 0.1) is 6.54 Å². The van der Waals surface area contributed by atoms with Crippen molar-refractivity contribution in [1.82, 2.24) is 18.7 Å². The molecule has 3 heterocycles. The predicted octanol–water partition coefficient (Wildman–Crippen LogP) is 4.00. The number of rotatable bonds is 3. The maximum Gasteiger partial charge on any atom is 0.332 e. The Kier molecular flexibility index (Phi) is 5.16. The molecular formula is C25H26ClN5O2. The number of fused-ring (bicyclic) bond motifs is 3. The van der Waals surface area contributed by atoms with E-state index in [2.05, 4.69) is 43.9 Å². The SMILES string of the molecule is Cc1ccc(N2C[C@@H](C)Cn3c2nc2c3c(=O)n(Cc3ccccc3Cl)c(=O)n2C)cc1C. The van der Waals surface area contributed by atoms with E-state index >= 15 is 0 Å². The van der Waals surface area contributed by atoms with Crippen LogP contribution in [0.3, 0.4) is 0 Å². The Morgan fingerprint density at radius 2 is 1.82 bits per heavy atom. The molecule has 0 saturated carbocycles. The number of hydrogen-bond acceptors (Lipinski definition) is 4. The van der Waals surface area contributed by atoms with E-state index in [-0.39, 0.29) is 12.1 Å². The number of anilines is 2. The third kappa shape index (κ3) is 3.47. The van der Waals surface area contributed by atoms with Gasteiger partial charge in [-0.25, -0.2) is 4.79 Å². The van der Waals surface area contributed by atoms with Crippen LogP contribution in [0.15, 0.2) is 52.1 Å². The molecule has 7 nitrogen and oxygen atoms in total. The van der Waals surface area contributed by atoms with Crippen molar-refractivity contribution in [2.24, 2.45) is 13.0 Å². The zero-order chi connectivity index (χ0) is 23.4. The monoisotopic (exact) mass is 463 g/mol. The van der Waals surface area contributed by atoms with Gasteiger partial charge in [-0.15, -0.1) is 0 Å². The minimum absolute atomic E-state index is 0.109. The van der Waals surface area contributed by atoms with Crippen molar-refractivity contribution in [3.8, 4) is 0 Å². The lowest BCUT2D eigenvalue weighted by Crippen LogP contribution is -2.40. The molecule has 170 valence electrons. The smallest absolute Gasteiger partial charge is 0.312 e. The summed E-state index contributed by atoms with van der Waals surface area (Å²) in [5.41, 5.74) is 4.27. The summed E-state index contributed by atoms with van der Waals surface area (Å²) in [6, 6.07) is 13.6. The van der Waals surface area contributed by atoms with Crippen molar-refractivity contribution in [3.63, 3.8) is 0 Å². The molecule has 0 saturated heterocycles. The first-order chi connectivity index (χ1) is 15.8. The van der Waals surface area contributed by atoms with Gasteiger partial charge in [0.2, 0.25) is 5.95 Å². The standard InChI is InChI=1S/C25H26ClN5O2/c1-15-12-29(19-10-9-16(2)17(3)11-19)24-27-22-21(30(24)13-15)23(32)31(25(33)28(22)4)14-18-7-5-6-8-20(18)26/h5-11,15H,12-14H2,1-4H3/t15-/m1/s1. The Labute approximate surface area is 196 Å². The van der Waals surface area contributed by atoms with E-state index in [1.165, 1.54) is 20.3 Å². The van der Waals surface area contributed by atoms with Crippen LogP contribution in [-0.4, -0.2) is 25.2 Å². The lowest BCUT2D eigenvalue weighted by atomic mass is 10.1. The van der Waals surface area contributed by atoms with E-state index in [1.807, 2.05) is 22.8 Å². The molecule has 0 amide bonds. The maximum atomic E-state index is 13.6. The van der Waals surface area contributed by atoms with Gasteiger partial charge in [-0.1, -0.05) is 42.8 Å². The number of aromatic nitrogens is 4. The van der Waals surface area contributed by atoms with E-state index < -0.39 is 5.69 Å². The summed E-state index contributed by atoms with van der Waals surface area (Å²) in [7, 11) is 1.66. The van der Waals surface area contributed by atoms with Gasteiger partial charge in [-0.05, 0) is 54.7 Å². The summed E-state index contributed by atoms with van der Waals surface area (Å²) in [6.45, 7) is 7.89. The predicted molar refractivity (Wildman–Crippen MR) is 132 cm³/mol. The first kappa shape index (κ1) is 21.5. The van der Waals surface area contributed by atoms with Crippen molar-refractivity contribution in [2.75, 3.05) is 11.4 Å². The Balaban J connectivity index is 1.73. The second-order valence-electron chi connectivity index (χ2n) is 9.00. The number of hydrogen-bond donors (Lipinski definition) is 0. The van der Waals surface area contributed by atoms with Crippen LogP contribution in [0, 0.1) is 19.8 Å². The van der Waals surface area contributed by atoms with Gasteiger partial charge in [0.15, 0.2) is 11.2 Å². The van der Waals surface area contributed by atoms with Crippen LogP contribution in [0.4, 0.5) is 11.6 Å². The molecule has 0 fully saturated rings. The maximum absolute atomic E-state index is 13.6.